The Morgan fingerprint density at radius 3 is 2.55 bits per heavy atom. The van der Waals surface area contributed by atoms with Crippen molar-refractivity contribution in [2.45, 2.75) is 13.0 Å². The van der Waals surface area contributed by atoms with E-state index in [0.717, 1.165) is 5.56 Å². The van der Waals surface area contributed by atoms with Gasteiger partial charge < -0.3 is 14.8 Å². The van der Waals surface area contributed by atoms with Crippen molar-refractivity contribution in [1.29, 1.82) is 0 Å². The van der Waals surface area contributed by atoms with Crippen molar-refractivity contribution in [1.82, 2.24) is 15.0 Å². The van der Waals surface area contributed by atoms with Crippen LogP contribution in [0.4, 0.5) is 14.7 Å². The van der Waals surface area contributed by atoms with Crippen molar-refractivity contribution < 1.29 is 18.3 Å². The normalized spacial score (nSPS) is 10.6. The number of methoxy groups -OCH3 is 1. The van der Waals surface area contributed by atoms with Gasteiger partial charge in [0.2, 0.25) is 11.2 Å². The van der Waals surface area contributed by atoms with E-state index in [2.05, 4.69) is 25.0 Å². The summed E-state index contributed by atoms with van der Waals surface area (Å²) in [5.41, 5.74) is 0.946. The Labute approximate surface area is 130 Å². The molecule has 0 atom stereocenters. The molecule has 9 heteroatoms. The van der Waals surface area contributed by atoms with Gasteiger partial charge in [0.05, 0.1) is 7.11 Å². The molecule has 1 heterocycles. The summed E-state index contributed by atoms with van der Waals surface area (Å²) in [5.74, 6) is 0.426. The van der Waals surface area contributed by atoms with Crippen LogP contribution in [0.3, 0.4) is 0 Å². The van der Waals surface area contributed by atoms with Crippen LogP contribution in [0.15, 0.2) is 24.3 Å². The van der Waals surface area contributed by atoms with E-state index in [0.29, 0.717) is 18.9 Å². The number of nitrogens with zero attached hydrogens (tertiary/aromatic N) is 3. The summed E-state index contributed by atoms with van der Waals surface area (Å²) in [6, 6.07) is 6.52. The van der Waals surface area contributed by atoms with Crippen LogP contribution in [0.2, 0.25) is 5.28 Å². The molecule has 2 aromatic rings. The standard InChI is InChI=1S/C13H13ClF2N4O2/c1-21-13-19-10(14)18-12(20-13)17-7-6-8-2-4-9(5-3-8)22-11(15)16/h2-5,11H,6-7H2,1H3,(H,17,18,19,20). The molecule has 0 unspecified atom stereocenters. The fraction of sp³-hybridized carbons (Fsp3) is 0.308. The van der Waals surface area contributed by atoms with Gasteiger partial charge in [-0.2, -0.15) is 23.7 Å². The summed E-state index contributed by atoms with van der Waals surface area (Å²) in [7, 11) is 1.43. The summed E-state index contributed by atoms with van der Waals surface area (Å²) in [5, 5.41) is 3.01. The maximum atomic E-state index is 12.0. The molecule has 0 radical (unpaired) electrons. The Balaban J connectivity index is 1.87. The monoisotopic (exact) mass is 330 g/mol. The average molecular weight is 331 g/mol. The minimum atomic E-state index is -2.82. The van der Waals surface area contributed by atoms with Gasteiger partial charge in [-0.05, 0) is 35.7 Å². The zero-order valence-electron chi connectivity index (χ0n) is 11.6. The van der Waals surface area contributed by atoms with E-state index in [1.807, 2.05) is 0 Å². The van der Waals surface area contributed by atoms with Crippen LogP contribution < -0.4 is 14.8 Å². The van der Waals surface area contributed by atoms with Crippen molar-refractivity contribution in [3.8, 4) is 11.8 Å². The molecule has 0 aliphatic carbocycles. The van der Waals surface area contributed by atoms with Crippen LogP contribution >= 0.6 is 11.6 Å². The Morgan fingerprint density at radius 1 is 1.18 bits per heavy atom. The zero-order chi connectivity index (χ0) is 15.9. The third-order valence-corrected chi connectivity index (χ3v) is 2.78. The van der Waals surface area contributed by atoms with Gasteiger partial charge in [-0.25, -0.2) is 0 Å². The third kappa shape index (κ3) is 4.96. The molecule has 0 fully saturated rings. The molecule has 0 saturated heterocycles. The summed E-state index contributed by atoms with van der Waals surface area (Å²) in [6.07, 6.45) is 0.639. The number of benzene rings is 1. The van der Waals surface area contributed by atoms with E-state index in [9.17, 15) is 8.78 Å². The average Bonchev–Trinajstić information content (AvgIpc) is 2.48. The number of aromatic nitrogens is 3. The van der Waals surface area contributed by atoms with E-state index >= 15 is 0 Å². The fourth-order valence-corrected chi connectivity index (χ4v) is 1.81. The topological polar surface area (TPSA) is 69.2 Å². The van der Waals surface area contributed by atoms with E-state index in [1.165, 1.54) is 19.2 Å². The first kappa shape index (κ1) is 16.2. The second-order valence-corrected chi connectivity index (χ2v) is 4.45. The van der Waals surface area contributed by atoms with Crippen LogP contribution in [0.1, 0.15) is 5.56 Å². The van der Waals surface area contributed by atoms with Crippen molar-refractivity contribution in [2.75, 3.05) is 19.0 Å². The molecule has 2 rings (SSSR count). The number of anilines is 1. The molecule has 6 nitrogen and oxygen atoms in total. The fourth-order valence-electron chi connectivity index (χ4n) is 1.66. The number of rotatable bonds is 7. The summed E-state index contributed by atoms with van der Waals surface area (Å²) in [4.78, 5) is 11.7. The Bertz CT molecular complexity index is 613. The number of alkyl halides is 2. The quantitative estimate of drug-likeness (QED) is 0.842. The minimum absolute atomic E-state index is 0.0304. The second-order valence-electron chi connectivity index (χ2n) is 4.11. The first-order valence-electron chi connectivity index (χ1n) is 6.30. The molecule has 0 amide bonds. The van der Waals surface area contributed by atoms with Crippen LogP contribution in [-0.4, -0.2) is 35.2 Å². The van der Waals surface area contributed by atoms with E-state index in [4.69, 9.17) is 16.3 Å². The van der Waals surface area contributed by atoms with Crippen molar-refractivity contribution in [2.24, 2.45) is 0 Å². The van der Waals surface area contributed by atoms with Gasteiger partial charge in [0.1, 0.15) is 5.75 Å². The molecule has 1 N–H and O–H groups in total. The number of hydrogen-bond donors (Lipinski definition) is 1. The predicted molar refractivity (Wildman–Crippen MR) is 76.7 cm³/mol. The van der Waals surface area contributed by atoms with Crippen LogP contribution in [0.25, 0.3) is 0 Å². The van der Waals surface area contributed by atoms with Crippen molar-refractivity contribution >= 4 is 17.5 Å². The van der Waals surface area contributed by atoms with Crippen LogP contribution in [0.5, 0.6) is 11.8 Å². The van der Waals surface area contributed by atoms with Gasteiger partial charge in [0.25, 0.3) is 0 Å². The lowest BCUT2D eigenvalue weighted by atomic mass is 10.1. The van der Waals surface area contributed by atoms with Gasteiger partial charge in [-0.3, -0.25) is 0 Å². The number of nitrogens with one attached hydrogen (secondary N) is 1. The van der Waals surface area contributed by atoms with Gasteiger partial charge >= 0.3 is 12.6 Å². The Hall–Kier alpha value is -2.22. The summed E-state index contributed by atoms with van der Waals surface area (Å²) < 4.78 is 33.2. The maximum Gasteiger partial charge on any atom is 0.387 e. The smallest absolute Gasteiger partial charge is 0.387 e. The molecule has 1 aromatic carbocycles. The van der Waals surface area contributed by atoms with Gasteiger partial charge in [-0.15, -0.1) is 0 Å². The number of ether oxygens (including phenoxy) is 2. The first-order valence-corrected chi connectivity index (χ1v) is 6.68. The van der Waals surface area contributed by atoms with E-state index in [-0.39, 0.29) is 17.0 Å². The molecule has 22 heavy (non-hydrogen) atoms. The molecule has 0 aliphatic heterocycles. The van der Waals surface area contributed by atoms with Crippen LogP contribution in [0, 0.1) is 0 Å². The molecule has 1 aromatic heterocycles. The van der Waals surface area contributed by atoms with Crippen molar-refractivity contribution in [3.63, 3.8) is 0 Å². The van der Waals surface area contributed by atoms with Gasteiger partial charge in [-0.1, -0.05) is 12.1 Å². The first-order chi connectivity index (χ1) is 10.6. The van der Waals surface area contributed by atoms with Gasteiger partial charge in [0, 0.05) is 6.54 Å². The largest absolute Gasteiger partial charge is 0.467 e. The van der Waals surface area contributed by atoms with Crippen molar-refractivity contribution in [3.05, 3.63) is 35.1 Å². The lowest BCUT2D eigenvalue weighted by Crippen LogP contribution is -2.09. The molecule has 0 bridgehead atoms. The number of hydrogen-bond acceptors (Lipinski definition) is 6. The molecule has 0 saturated carbocycles. The number of halogens is 3. The zero-order valence-corrected chi connectivity index (χ0v) is 12.3. The van der Waals surface area contributed by atoms with Gasteiger partial charge in [0.15, 0.2) is 0 Å². The second kappa shape index (κ2) is 7.69. The third-order valence-electron chi connectivity index (χ3n) is 2.62. The predicted octanol–water partition coefficient (Wildman–Crippen LogP) is 2.79. The Morgan fingerprint density at radius 2 is 1.91 bits per heavy atom. The molecule has 0 spiro atoms. The SMILES string of the molecule is COc1nc(Cl)nc(NCCc2ccc(OC(F)F)cc2)n1. The molecular weight excluding hydrogens is 318 g/mol. The highest BCUT2D eigenvalue weighted by Crippen LogP contribution is 2.15. The lowest BCUT2D eigenvalue weighted by Gasteiger charge is -2.07. The van der Waals surface area contributed by atoms with E-state index in [1.54, 1.807) is 12.1 Å². The van der Waals surface area contributed by atoms with Crippen LogP contribution in [-0.2, 0) is 6.42 Å². The molecule has 0 aliphatic rings. The highest BCUT2D eigenvalue weighted by atomic mass is 35.5. The molecular formula is C13H13ClF2N4O2. The maximum absolute atomic E-state index is 12.0. The summed E-state index contributed by atoms with van der Waals surface area (Å²) in [6.45, 7) is -2.30. The Kier molecular flexibility index (Phi) is 5.65. The molecule has 118 valence electrons. The highest BCUT2D eigenvalue weighted by Gasteiger charge is 2.05. The highest BCUT2D eigenvalue weighted by molar-refractivity contribution is 6.28. The summed E-state index contributed by atoms with van der Waals surface area (Å²) >= 11 is 5.73. The minimum Gasteiger partial charge on any atom is -0.467 e. The van der Waals surface area contributed by atoms with E-state index < -0.39 is 6.61 Å². The lowest BCUT2D eigenvalue weighted by molar-refractivity contribution is -0.0498.